The topological polar surface area (TPSA) is 0 Å². The van der Waals surface area contributed by atoms with E-state index in [2.05, 4.69) is 13.8 Å². The highest BCUT2D eigenvalue weighted by Crippen LogP contribution is 2.45. The Morgan fingerprint density at radius 2 is 0.833 bits per heavy atom. The fourth-order valence-electron chi connectivity index (χ4n) is 6.53. The van der Waals surface area contributed by atoms with Gasteiger partial charge in [0.2, 0.25) is 0 Å². The third kappa shape index (κ3) is 5.25. The van der Waals surface area contributed by atoms with Crippen LogP contribution in [-0.4, -0.2) is 0 Å². The van der Waals surface area contributed by atoms with E-state index in [4.69, 9.17) is 0 Å². The van der Waals surface area contributed by atoms with Crippen LogP contribution in [0.2, 0.25) is 0 Å². The smallest absolute Gasteiger partial charge is 0.0386 e. The molecule has 0 aromatic carbocycles. The molecule has 0 amide bonds. The highest BCUT2D eigenvalue weighted by molar-refractivity contribution is 4.84. The van der Waals surface area contributed by atoms with Gasteiger partial charge in [-0.1, -0.05) is 78.1 Å². The van der Waals surface area contributed by atoms with Gasteiger partial charge >= 0.3 is 0 Å². The van der Waals surface area contributed by atoms with Gasteiger partial charge < -0.3 is 0 Å². The summed E-state index contributed by atoms with van der Waals surface area (Å²) in [6, 6.07) is 0. The monoisotopic (exact) mass is 332 g/mol. The summed E-state index contributed by atoms with van der Waals surface area (Å²) < 4.78 is 0. The predicted octanol–water partition coefficient (Wildman–Crippen LogP) is 8.01. The standard InChI is InChI=1S/C24H44/c1-3-5-19-9-13-23(14-10-19)24-15-11-20(12-16-24)7-8-22-17-21(18-22)6-4-2/h19-24H,3-18H2,1-2H3/t19-,20?,21?,22?,23-,24?. The van der Waals surface area contributed by atoms with Gasteiger partial charge in [0.1, 0.15) is 0 Å². The van der Waals surface area contributed by atoms with Gasteiger partial charge in [0.15, 0.2) is 0 Å². The van der Waals surface area contributed by atoms with Crippen LogP contribution >= 0.6 is 0 Å². The van der Waals surface area contributed by atoms with E-state index in [-0.39, 0.29) is 0 Å². The van der Waals surface area contributed by atoms with Crippen molar-refractivity contribution in [3.8, 4) is 0 Å². The van der Waals surface area contributed by atoms with Gasteiger partial charge in [-0.2, -0.15) is 0 Å². The molecule has 0 aromatic rings. The molecule has 0 N–H and O–H groups in total. The van der Waals surface area contributed by atoms with E-state index in [1.807, 2.05) is 0 Å². The van der Waals surface area contributed by atoms with Crippen molar-refractivity contribution in [3.63, 3.8) is 0 Å². The Bertz CT molecular complexity index is 324. The van der Waals surface area contributed by atoms with Gasteiger partial charge in [-0.25, -0.2) is 0 Å². The summed E-state index contributed by atoms with van der Waals surface area (Å²) in [7, 11) is 0. The van der Waals surface area contributed by atoms with Gasteiger partial charge in [0.05, 0.1) is 0 Å². The van der Waals surface area contributed by atoms with Crippen LogP contribution in [0, 0.1) is 35.5 Å². The molecule has 0 spiro atoms. The third-order valence-corrected chi connectivity index (χ3v) is 8.16. The fraction of sp³-hybridized carbons (Fsp3) is 1.00. The van der Waals surface area contributed by atoms with Crippen LogP contribution in [0.5, 0.6) is 0 Å². The van der Waals surface area contributed by atoms with E-state index in [9.17, 15) is 0 Å². The van der Waals surface area contributed by atoms with E-state index in [1.165, 1.54) is 25.7 Å². The zero-order chi connectivity index (χ0) is 16.8. The van der Waals surface area contributed by atoms with Crippen molar-refractivity contribution in [1.29, 1.82) is 0 Å². The van der Waals surface area contributed by atoms with Gasteiger partial charge in [0.25, 0.3) is 0 Å². The molecule has 0 nitrogen and oxygen atoms in total. The van der Waals surface area contributed by atoms with E-state index in [0.29, 0.717) is 0 Å². The summed E-state index contributed by atoms with van der Waals surface area (Å²) in [5, 5.41) is 0. The Kier molecular flexibility index (Phi) is 7.54. The summed E-state index contributed by atoms with van der Waals surface area (Å²) >= 11 is 0. The van der Waals surface area contributed by atoms with Crippen molar-refractivity contribution in [2.45, 2.75) is 117 Å². The largest absolute Gasteiger partial charge is 0.0654 e. The first-order valence-electron chi connectivity index (χ1n) is 11.8. The van der Waals surface area contributed by atoms with E-state index < -0.39 is 0 Å². The quantitative estimate of drug-likeness (QED) is 0.422. The lowest BCUT2D eigenvalue weighted by Gasteiger charge is -2.39. The number of rotatable bonds is 8. The minimum absolute atomic E-state index is 1.08. The van der Waals surface area contributed by atoms with Gasteiger partial charge in [0, 0.05) is 0 Å². The van der Waals surface area contributed by atoms with Crippen LogP contribution in [-0.2, 0) is 0 Å². The number of hydrogen-bond donors (Lipinski definition) is 0. The predicted molar refractivity (Wildman–Crippen MR) is 106 cm³/mol. The molecule has 0 radical (unpaired) electrons. The third-order valence-electron chi connectivity index (χ3n) is 8.16. The first-order chi connectivity index (χ1) is 11.8. The molecule has 3 aliphatic carbocycles. The summed E-state index contributed by atoms with van der Waals surface area (Å²) in [5.41, 5.74) is 0. The number of hydrogen-bond acceptors (Lipinski definition) is 0. The molecule has 140 valence electrons. The lowest BCUT2D eigenvalue weighted by atomic mass is 9.66. The zero-order valence-corrected chi connectivity index (χ0v) is 16.8. The Morgan fingerprint density at radius 3 is 1.33 bits per heavy atom. The fourth-order valence-corrected chi connectivity index (χ4v) is 6.53. The molecule has 0 unspecified atom stereocenters. The molecule has 3 aliphatic rings. The van der Waals surface area contributed by atoms with Crippen LogP contribution in [0.1, 0.15) is 117 Å². The van der Waals surface area contributed by atoms with Crippen LogP contribution in [0.15, 0.2) is 0 Å². The van der Waals surface area contributed by atoms with E-state index in [0.717, 1.165) is 35.5 Å². The van der Waals surface area contributed by atoms with Gasteiger partial charge in [-0.15, -0.1) is 0 Å². The Morgan fingerprint density at radius 1 is 0.458 bits per heavy atom. The maximum atomic E-state index is 2.36. The average Bonchev–Trinajstić information content (AvgIpc) is 2.58. The van der Waals surface area contributed by atoms with Crippen molar-refractivity contribution in [2.24, 2.45) is 35.5 Å². The molecular formula is C24H44. The molecule has 0 heterocycles. The summed E-state index contributed by atoms with van der Waals surface area (Å²) in [4.78, 5) is 0. The molecule has 0 bridgehead atoms. The van der Waals surface area contributed by atoms with Crippen molar-refractivity contribution < 1.29 is 0 Å². The second-order valence-electron chi connectivity index (χ2n) is 9.92. The van der Waals surface area contributed by atoms with Gasteiger partial charge in [-0.3, -0.25) is 0 Å². The Balaban J connectivity index is 1.27. The van der Waals surface area contributed by atoms with Crippen molar-refractivity contribution in [3.05, 3.63) is 0 Å². The molecule has 3 fully saturated rings. The molecule has 3 rings (SSSR count). The Hall–Kier alpha value is 0. The van der Waals surface area contributed by atoms with Crippen molar-refractivity contribution in [1.82, 2.24) is 0 Å². The molecule has 0 heteroatoms. The molecule has 24 heavy (non-hydrogen) atoms. The lowest BCUT2D eigenvalue weighted by molar-refractivity contribution is 0.125. The summed E-state index contributed by atoms with van der Waals surface area (Å²) in [5.74, 6) is 6.64. The summed E-state index contributed by atoms with van der Waals surface area (Å²) in [6.07, 6.45) is 24.7. The molecule has 0 aliphatic heterocycles. The zero-order valence-electron chi connectivity index (χ0n) is 16.8. The van der Waals surface area contributed by atoms with Crippen LogP contribution in [0.3, 0.4) is 0 Å². The van der Waals surface area contributed by atoms with Crippen LogP contribution in [0.25, 0.3) is 0 Å². The minimum Gasteiger partial charge on any atom is -0.0654 e. The van der Waals surface area contributed by atoms with Crippen LogP contribution in [0.4, 0.5) is 0 Å². The second kappa shape index (κ2) is 9.63. The van der Waals surface area contributed by atoms with E-state index >= 15 is 0 Å². The lowest BCUT2D eigenvalue weighted by Crippen LogP contribution is -2.27. The molecular weight excluding hydrogens is 288 g/mol. The SMILES string of the molecule is CCCC1CC(CCC2CCC([C@H]3CC[C@H](CCC)CC3)CC2)C1. The van der Waals surface area contributed by atoms with Crippen molar-refractivity contribution >= 4 is 0 Å². The maximum Gasteiger partial charge on any atom is -0.0386 e. The van der Waals surface area contributed by atoms with Gasteiger partial charge in [-0.05, 0) is 74.0 Å². The molecule has 3 saturated carbocycles. The van der Waals surface area contributed by atoms with Crippen LogP contribution < -0.4 is 0 Å². The molecule has 0 aromatic heterocycles. The Labute approximate surface area is 152 Å². The second-order valence-corrected chi connectivity index (χ2v) is 9.92. The normalized spacial score (nSPS) is 40.2. The molecule has 0 atom stereocenters. The van der Waals surface area contributed by atoms with E-state index in [1.54, 1.807) is 77.0 Å². The highest BCUT2D eigenvalue weighted by atomic mass is 14.4. The minimum atomic E-state index is 1.08. The first kappa shape index (κ1) is 18.8. The van der Waals surface area contributed by atoms with Crippen molar-refractivity contribution in [2.75, 3.05) is 0 Å². The summed E-state index contributed by atoms with van der Waals surface area (Å²) in [6.45, 7) is 4.71. The first-order valence-corrected chi connectivity index (χ1v) is 11.8. The maximum absolute atomic E-state index is 2.36. The molecule has 0 saturated heterocycles. The highest BCUT2D eigenvalue weighted by Gasteiger charge is 2.32. The average molecular weight is 333 g/mol.